The number of likely N-dealkylation sites (N-methyl/N-ethyl adjacent to an activating group) is 1. The first-order valence-electron chi connectivity index (χ1n) is 4.76. The summed E-state index contributed by atoms with van der Waals surface area (Å²) in [6.07, 6.45) is -2.79. The number of hydrogen-bond acceptors (Lipinski definition) is 3. The Morgan fingerprint density at radius 3 is 2.62 bits per heavy atom. The molecule has 0 aliphatic rings. The molecular weight excluding hydrogens is 216 g/mol. The number of carbonyl (C=O) groups excluding carboxylic acids is 1. The second-order valence-corrected chi connectivity index (χ2v) is 3.50. The van der Waals surface area contributed by atoms with E-state index in [9.17, 15) is 18.7 Å². The molecule has 3 nitrogen and oxygen atoms in total. The molecule has 1 aromatic rings. The van der Waals surface area contributed by atoms with Crippen molar-refractivity contribution in [1.82, 2.24) is 5.32 Å². The van der Waals surface area contributed by atoms with Gasteiger partial charge in [-0.3, -0.25) is 4.79 Å². The molecule has 5 heteroatoms. The van der Waals surface area contributed by atoms with Crippen LogP contribution < -0.4 is 5.32 Å². The molecule has 0 spiro atoms. The van der Waals surface area contributed by atoms with E-state index >= 15 is 0 Å². The molecule has 2 N–H and O–H groups in total. The zero-order valence-corrected chi connectivity index (χ0v) is 9.05. The minimum absolute atomic E-state index is 0.000306. The summed E-state index contributed by atoms with van der Waals surface area (Å²) in [6.45, 7) is 1.60. The first kappa shape index (κ1) is 12.6. The van der Waals surface area contributed by atoms with Crippen LogP contribution in [0.3, 0.4) is 0 Å². The molecular formula is C11H13F2NO2. The van der Waals surface area contributed by atoms with E-state index in [0.717, 1.165) is 0 Å². The second-order valence-electron chi connectivity index (χ2n) is 3.50. The molecule has 0 amide bonds. The average molecular weight is 229 g/mol. The van der Waals surface area contributed by atoms with Gasteiger partial charge in [-0.05, 0) is 31.7 Å². The molecule has 0 heterocycles. The molecule has 0 aliphatic heterocycles. The molecule has 0 bridgehead atoms. The maximum absolute atomic E-state index is 12.6. The van der Waals surface area contributed by atoms with Crippen LogP contribution in [0.4, 0.5) is 8.78 Å². The predicted octanol–water partition coefficient (Wildman–Crippen LogP) is 2.04. The smallest absolute Gasteiger partial charge is 0.267 e. The van der Waals surface area contributed by atoms with Crippen LogP contribution in [-0.2, 0) is 0 Å². The third-order valence-corrected chi connectivity index (χ3v) is 2.16. The summed E-state index contributed by atoms with van der Waals surface area (Å²) in [7, 11) is 1.57. The number of carbonyl (C=O) groups is 1. The summed E-state index contributed by atoms with van der Waals surface area (Å²) in [6, 6.07) is 2.58. The van der Waals surface area contributed by atoms with Crippen LogP contribution in [0.25, 0.3) is 0 Å². The molecule has 0 saturated heterocycles. The fourth-order valence-corrected chi connectivity index (χ4v) is 1.44. The highest BCUT2D eigenvalue weighted by Gasteiger charge is 2.20. The number of aryl methyl sites for hydroxylation is 1. The molecule has 0 aromatic heterocycles. The Morgan fingerprint density at radius 1 is 1.50 bits per heavy atom. The van der Waals surface area contributed by atoms with Gasteiger partial charge >= 0.3 is 0 Å². The fourth-order valence-electron chi connectivity index (χ4n) is 1.44. The van der Waals surface area contributed by atoms with Crippen molar-refractivity contribution < 1.29 is 18.7 Å². The number of halogens is 2. The fraction of sp³-hybridized carbons (Fsp3) is 0.364. The summed E-state index contributed by atoms with van der Waals surface area (Å²) in [5.74, 6) is -1.04. The van der Waals surface area contributed by atoms with E-state index in [0.29, 0.717) is 5.56 Å². The number of hydrogen-bond donors (Lipinski definition) is 2. The van der Waals surface area contributed by atoms with Gasteiger partial charge in [0.1, 0.15) is 5.75 Å². The first-order valence-corrected chi connectivity index (χ1v) is 4.76. The molecule has 1 rings (SSSR count). The van der Waals surface area contributed by atoms with Crippen molar-refractivity contribution in [3.63, 3.8) is 0 Å². The zero-order chi connectivity index (χ0) is 12.3. The minimum Gasteiger partial charge on any atom is -0.507 e. The second kappa shape index (κ2) is 5.03. The van der Waals surface area contributed by atoms with Gasteiger partial charge in [-0.15, -0.1) is 0 Å². The van der Waals surface area contributed by atoms with E-state index in [4.69, 9.17) is 0 Å². The Kier molecular flexibility index (Phi) is 3.95. The van der Waals surface area contributed by atoms with Crippen LogP contribution in [0.2, 0.25) is 0 Å². The van der Waals surface area contributed by atoms with Gasteiger partial charge in [-0.1, -0.05) is 0 Å². The van der Waals surface area contributed by atoms with Gasteiger partial charge in [0.05, 0.1) is 17.7 Å². The molecule has 0 aliphatic carbocycles. The lowest BCUT2D eigenvalue weighted by atomic mass is 10.0. The van der Waals surface area contributed by atoms with E-state index in [1.165, 1.54) is 12.1 Å². The normalized spacial score (nSPS) is 10.8. The number of alkyl halides is 2. The maximum atomic E-state index is 12.6. The number of aromatic hydroxyl groups is 1. The van der Waals surface area contributed by atoms with E-state index in [-0.39, 0.29) is 12.1 Å². The standard InChI is InChI=1S/C11H13F2NO2/c1-6-3-7(9(15)5-14-2)10(16)8(4-6)11(12)13/h3-4,11,14,16H,5H2,1-2H3. The minimum atomic E-state index is -2.79. The number of phenolic OH excluding ortho intramolecular Hbond substituents is 1. The lowest BCUT2D eigenvalue weighted by Gasteiger charge is -2.10. The molecule has 0 unspecified atom stereocenters. The van der Waals surface area contributed by atoms with Crippen molar-refractivity contribution in [2.24, 2.45) is 0 Å². The highest BCUT2D eigenvalue weighted by molar-refractivity contribution is 6.00. The summed E-state index contributed by atoms with van der Waals surface area (Å²) in [5.41, 5.74) is -0.0448. The number of nitrogens with one attached hydrogen (secondary N) is 1. The quantitative estimate of drug-likeness (QED) is 0.777. The van der Waals surface area contributed by atoms with Crippen LogP contribution in [0.1, 0.15) is 27.9 Å². The molecule has 0 saturated carbocycles. The van der Waals surface area contributed by atoms with Gasteiger partial charge in [0.25, 0.3) is 6.43 Å². The Labute approximate surface area is 92.1 Å². The predicted molar refractivity (Wildman–Crippen MR) is 56.1 cm³/mol. The molecule has 0 fully saturated rings. The van der Waals surface area contributed by atoms with E-state index < -0.39 is 23.5 Å². The van der Waals surface area contributed by atoms with Crippen molar-refractivity contribution in [2.45, 2.75) is 13.3 Å². The van der Waals surface area contributed by atoms with Crippen molar-refractivity contribution in [3.8, 4) is 5.75 Å². The number of rotatable bonds is 4. The summed E-state index contributed by atoms with van der Waals surface area (Å²) in [4.78, 5) is 11.5. The van der Waals surface area contributed by atoms with Crippen LogP contribution in [0.15, 0.2) is 12.1 Å². The van der Waals surface area contributed by atoms with Crippen LogP contribution >= 0.6 is 0 Å². The van der Waals surface area contributed by atoms with Gasteiger partial charge < -0.3 is 10.4 Å². The Bertz CT molecular complexity index is 405. The van der Waals surface area contributed by atoms with Crippen molar-refractivity contribution in [1.29, 1.82) is 0 Å². The lowest BCUT2D eigenvalue weighted by molar-refractivity contribution is 0.0989. The van der Waals surface area contributed by atoms with Gasteiger partial charge in [0, 0.05) is 0 Å². The number of Topliss-reactive ketones (excluding diaryl/α,β-unsaturated/α-hetero) is 1. The zero-order valence-electron chi connectivity index (χ0n) is 9.05. The van der Waals surface area contributed by atoms with Crippen LogP contribution in [0, 0.1) is 6.92 Å². The van der Waals surface area contributed by atoms with E-state index in [1.807, 2.05) is 0 Å². The highest BCUT2D eigenvalue weighted by Crippen LogP contribution is 2.32. The first-order chi connectivity index (χ1) is 7.47. The van der Waals surface area contributed by atoms with Gasteiger partial charge in [-0.2, -0.15) is 0 Å². The number of benzene rings is 1. The SMILES string of the molecule is CNCC(=O)c1cc(C)cc(C(F)F)c1O. The average Bonchev–Trinajstić information content (AvgIpc) is 2.20. The van der Waals surface area contributed by atoms with Gasteiger partial charge in [-0.25, -0.2) is 8.78 Å². The van der Waals surface area contributed by atoms with Crippen LogP contribution in [0.5, 0.6) is 5.75 Å². The van der Waals surface area contributed by atoms with Gasteiger partial charge in [0.15, 0.2) is 5.78 Å². The topological polar surface area (TPSA) is 49.3 Å². The Balaban J connectivity index is 3.24. The monoisotopic (exact) mass is 229 g/mol. The summed E-state index contributed by atoms with van der Waals surface area (Å²) in [5, 5.41) is 12.2. The third kappa shape index (κ3) is 2.55. The lowest BCUT2D eigenvalue weighted by Crippen LogP contribution is -2.19. The largest absolute Gasteiger partial charge is 0.507 e. The maximum Gasteiger partial charge on any atom is 0.267 e. The molecule has 0 atom stereocenters. The van der Waals surface area contributed by atoms with Crippen molar-refractivity contribution >= 4 is 5.78 Å². The molecule has 16 heavy (non-hydrogen) atoms. The Hall–Kier alpha value is -1.49. The molecule has 0 radical (unpaired) electrons. The Morgan fingerprint density at radius 2 is 2.12 bits per heavy atom. The number of ketones is 1. The van der Waals surface area contributed by atoms with Gasteiger partial charge in [0.2, 0.25) is 0 Å². The number of phenols is 1. The highest BCUT2D eigenvalue weighted by atomic mass is 19.3. The molecule has 88 valence electrons. The summed E-state index contributed by atoms with van der Waals surface area (Å²) < 4.78 is 25.1. The van der Waals surface area contributed by atoms with Crippen LogP contribution in [-0.4, -0.2) is 24.5 Å². The van der Waals surface area contributed by atoms with Crippen molar-refractivity contribution in [3.05, 3.63) is 28.8 Å². The summed E-state index contributed by atoms with van der Waals surface area (Å²) >= 11 is 0. The molecule has 1 aromatic carbocycles. The third-order valence-electron chi connectivity index (χ3n) is 2.16. The van der Waals surface area contributed by atoms with E-state index in [2.05, 4.69) is 5.32 Å². The van der Waals surface area contributed by atoms with E-state index in [1.54, 1.807) is 14.0 Å². The van der Waals surface area contributed by atoms with Crippen molar-refractivity contribution in [2.75, 3.05) is 13.6 Å².